The second kappa shape index (κ2) is 7.78. The fourth-order valence-corrected chi connectivity index (χ4v) is 4.07. The third-order valence-corrected chi connectivity index (χ3v) is 5.66. The molecule has 0 amide bonds. The summed E-state index contributed by atoms with van der Waals surface area (Å²) >= 11 is 6.05. The van der Waals surface area contributed by atoms with Crippen LogP contribution in [-0.4, -0.2) is 33.9 Å². The first-order valence-electron chi connectivity index (χ1n) is 9.38. The van der Waals surface area contributed by atoms with Gasteiger partial charge < -0.3 is 10.0 Å². The minimum atomic E-state index is -0.0739. The molecule has 1 atom stereocenters. The van der Waals surface area contributed by atoms with Crippen molar-refractivity contribution in [1.29, 1.82) is 0 Å². The Balaban J connectivity index is 1.97. The summed E-state index contributed by atoms with van der Waals surface area (Å²) in [6.07, 6.45) is 5.38. The van der Waals surface area contributed by atoms with E-state index in [1.165, 1.54) is 0 Å². The number of halogens is 1. The summed E-state index contributed by atoms with van der Waals surface area (Å²) in [6, 6.07) is 13.2. The molecule has 0 radical (unpaired) electrons. The lowest BCUT2D eigenvalue weighted by molar-refractivity contribution is 0.265. The highest BCUT2D eigenvalue weighted by atomic mass is 35.5. The summed E-state index contributed by atoms with van der Waals surface area (Å²) < 4.78 is 1.68. The lowest BCUT2D eigenvalue weighted by atomic mass is 9.96. The Morgan fingerprint density at radius 1 is 1.14 bits per heavy atom. The molecule has 5 nitrogen and oxygen atoms in total. The van der Waals surface area contributed by atoms with Crippen LogP contribution in [0.2, 0.25) is 5.02 Å². The van der Waals surface area contributed by atoms with Crippen molar-refractivity contribution in [3.05, 3.63) is 70.2 Å². The van der Waals surface area contributed by atoms with Crippen LogP contribution in [-0.2, 0) is 7.05 Å². The number of anilines is 1. The largest absolute Gasteiger partial charge is 0.394 e. The molecule has 2 aromatic heterocycles. The van der Waals surface area contributed by atoms with Gasteiger partial charge in [0.25, 0.3) is 5.56 Å². The van der Waals surface area contributed by atoms with Crippen LogP contribution < -0.4 is 10.5 Å². The molecular formula is C22H22ClN3O2. The summed E-state index contributed by atoms with van der Waals surface area (Å²) in [6.45, 7) is 0.909. The molecule has 6 heteroatoms. The minimum absolute atomic E-state index is 0.0391. The molecule has 1 fully saturated rings. The van der Waals surface area contributed by atoms with Gasteiger partial charge in [0.15, 0.2) is 0 Å². The Kier molecular flexibility index (Phi) is 5.20. The quantitative estimate of drug-likeness (QED) is 0.731. The maximum Gasteiger partial charge on any atom is 0.260 e. The number of pyridine rings is 2. The number of rotatable bonds is 4. The highest BCUT2D eigenvalue weighted by Gasteiger charge is 2.27. The molecule has 1 aromatic carbocycles. The molecule has 0 saturated carbocycles. The first-order valence-corrected chi connectivity index (χ1v) is 9.76. The molecule has 1 aliphatic heterocycles. The average molecular weight is 396 g/mol. The highest BCUT2D eigenvalue weighted by molar-refractivity contribution is 6.30. The van der Waals surface area contributed by atoms with Gasteiger partial charge in [-0.2, -0.15) is 0 Å². The van der Waals surface area contributed by atoms with E-state index in [4.69, 9.17) is 11.6 Å². The third-order valence-electron chi connectivity index (χ3n) is 5.41. The molecule has 3 heterocycles. The van der Waals surface area contributed by atoms with E-state index >= 15 is 0 Å². The fourth-order valence-electron chi connectivity index (χ4n) is 3.94. The van der Waals surface area contributed by atoms with E-state index < -0.39 is 0 Å². The predicted octanol–water partition coefficient (Wildman–Crippen LogP) is 3.73. The molecule has 28 heavy (non-hydrogen) atoms. The van der Waals surface area contributed by atoms with E-state index in [9.17, 15) is 9.90 Å². The maximum atomic E-state index is 13.4. The predicted molar refractivity (Wildman–Crippen MR) is 113 cm³/mol. The van der Waals surface area contributed by atoms with Gasteiger partial charge in [0.1, 0.15) is 5.82 Å². The zero-order valence-electron chi connectivity index (χ0n) is 15.7. The van der Waals surface area contributed by atoms with Crippen LogP contribution >= 0.6 is 11.6 Å². The summed E-state index contributed by atoms with van der Waals surface area (Å²) in [5, 5.41) is 10.4. The van der Waals surface area contributed by atoms with Crippen molar-refractivity contribution >= 4 is 17.4 Å². The van der Waals surface area contributed by atoms with Crippen LogP contribution in [0, 0.1) is 0 Å². The first-order chi connectivity index (χ1) is 13.6. The smallest absolute Gasteiger partial charge is 0.260 e. The monoisotopic (exact) mass is 395 g/mol. The van der Waals surface area contributed by atoms with Gasteiger partial charge in [0.05, 0.1) is 18.2 Å². The van der Waals surface area contributed by atoms with E-state index in [1.807, 2.05) is 24.3 Å². The number of nitrogens with zero attached hydrogens (tertiary/aromatic N) is 3. The van der Waals surface area contributed by atoms with Crippen LogP contribution in [0.25, 0.3) is 22.3 Å². The van der Waals surface area contributed by atoms with Crippen molar-refractivity contribution in [3.8, 4) is 22.3 Å². The Morgan fingerprint density at radius 2 is 1.86 bits per heavy atom. The van der Waals surface area contributed by atoms with Gasteiger partial charge in [-0.15, -0.1) is 0 Å². The van der Waals surface area contributed by atoms with Crippen LogP contribution in [0.1, 0.15) is 12.8 Å². The Hall–Kier alpha value is -2.63. The molecule has 1 aliphatic rings. The third kappa shape index (κ3) is 3.32. The van der Waals surface area contributed by atoms with Crippen molar-refractivity contribution in [2.45, 2.75) is 18.9 Å². The standard InChI is InChI=1S/C22H22ClN3O2/c1-25-20(26-12-2-3-18(26)14-27)13-19(15-8-10-24-11-9-15)21(22(25)28)16-4-6-17(23)7-5-16/h4-11,13,18,27H,2-3,12,14H2,1H3. The molecule has 1 unspecified atom stereocenters. The number of hydrogen-bond donors (Lipinski definition) is 1. The van der Waals surface area contributed by atoms with Gasteiger partial charge in [-0.1, -0.05) is 23.7 Å². The minimum Gasteiger partial charge on any atom is -0.394 e. The summed E-state index contributed by atoms with van der Waals surface area (Å²) in [5.74, 6) is 0.825. The number of aliphatic hydroxyl groups is 1. The fraction of sp³-hybridized carbons (Fsp3) is 0.273. The zero-order valence-corrected chi connectivity index (χ0v) is 16.4. The van der Waals surface area contributed by atoms with E-state index in [0.717, 1.165) is 41.9 Å². The van der Waals surface area contributed by atoms with Crippen LogP contribution in [0.3, 0.4) is 0 Å². The molecule has 144 valence electrons. The van der Waals surface area contributed by atoms with Gasteiger partial charge >= 0.3 is 0 Å². The first kappa shape index (κ1) is 18.7. The summed E-state index contributed by atoms with van der Waals surface area (Å²) in [5.41, 5.74) is 3.16. The van der Waals surface area contributed by atoms with Crippen molar-refractivity contribution < 1.29 is 5.11 Å². The number of aliphatic hydroxyl groups excluding tert-OH is 1. The number of aromatic nitrogens is 2. The van der Waals surface area contributed by atoms with Crippen molar-refractivity contribution in [2.75, 3.05) is 18.1 Å². The topological polar surface area (TPSA) is 58.4 Å². The lowest BCUT2D eigenvalue weighted by Crippen LogP contribution is -2.36. The van der Waals surface area contributed by atoms with Gasteiger partial charge in [-0.3, -0.25) is 14.3 Å². The van der Waals surface area contributed by atoms with E-state index in [2.05, 4.69) is 16.0 Å². The summed E-state index contributed by atoms with van der Waals surface area (Å²) in [7, 11) is 1.79. The van der Waals surface area contributed by atoms with Crippen molar-refractivity contribution in [3.63, 3.8) is 0 Å². The van der Waals surface area contributed by atoms with E-state index in [1.54, 1.807) is 36.1 Å². The zero-order chi connectivity index (χ0) is 19.7. The van der Waals surface area contributed by atoms with Crippen LogP contribution in [0.15, 0.2) is 59.7 Å². The molecule has 1 N–H and O–H groups in total. The molecular weight excluding hydrogens is 374 g/mol. The second-order valence-corrected chi connectivity index (χ2v) is 7.51. The van der Waals surface area contributed by atoms with Crippen LogP contribution in [0.5, 0.6) is 0 Å². The average Bonchev–Trinajstić information content (AvgIpc) is 3.20. The van der Waals surface area contributed by atoms with Gasteiger partial charge in [0, 0.05) is 31.0 Å². The Labute approximate surface area is 168 Å². The second-order valence-electron chi connectivity index (χ2n) is 7.07. The van der Waals surface area contributed by atoms with Crippen LogP contribution in [0.4, 0.5) is 5.82 Å². The molecule has 1 saturated heterocycles. The van der Waals surface area contributed by atoms with Crippen molar-refractivity contribution in [1.82, 2.24) is 9.55 Å². The molecule has 4 rings (SSSR count). The summed E-state index contributed by atoms with van der Waals surface area (Å²) in [4.78, 5) is 19.7. The SMILES string of the molecule is Cn1c(N2CCCC2CO)cc(-c2ccncc2)c(-c2ccc(Cl)cc2)c1=O. The highest BCUT2D eigenvalue weighted by Crippen LogP contribution is 2.34. The number of hydrogen-bond acceptors (Lipinski definition) is 4. The normalized spacial score (nSPS) is 16.5. The van der Waals surface area contributed by atoms with Gasteiger partial charge in [-0.25, -0.2) is 0 Å². The maximum absolute atomic E-state index is 13.4. The molecule has 3 aromatic rings. The Bertz CT molecular complexity index is 1030. The number of benzene rings is 1. The lowest BCUT2D eigenvalue weighted by Gasteiger charge is -2.28. The molecule has 0 aliphatic carbocycles. The van der Waals surface area contributed by atoms with E-state index in [0.29, 0.717) is 10.6 Å². The van der Waals surface area contributed by atoms with E-state index in [-0.39, 0.29) is 18.2 Å². The molecule has 0 bridgehead atoms. The van der Waals surface area contributed by atoms with Gasteiger partial charge in [-0.05, 0) is 59.9 Å². The molecule has 0 spiro atoms. The van der Waals surface area contributed by atoms with Gasteiger partial charge in [0.2, 0.25) is 0 Å². The Morgan fingerprint density at radius 3 is 2.54 bits per heavy atom. The van der Waals surface area contributed by atoms with Crippen molar-refractivity contribution in [2.24, 2.45) is 7.05 Å².